The van der Waals surface area contributed by atoms with E-state index in [2.05, 4.69) is 11.4 Å². The van der Waals surface area contributed by atoms with Crippen molar-refractivity contribution in [2.24, 2.45) is 23.7 Å². The number of hydrogen-bond donors (Lipinski definition) is 1. The van der Waals surface area contributed by atoms with Gasteiger partial charge in [0.05, 0.1) is 0 Å². The molecule has 4 heteroatoms. The van der Waals surface area contributed by atoms with E-state index in [0.717, 1.165) is 38.5 Å². The molecule has 2 saturated carbocycles. The Labute approximate surface area is 126 Å². The topological polar surface area (TPSA) is 69.2 Å². The summed E-state index contributed by atoms with van der Waals surface area (Å²) in [7, 11) is 0. The molecule has 0 radical (unpaired) electrons. The van der Waals surface area contributed by atoms with Crippen molar-refractivity contribution in [2.45, 2.75) is 51.4 Å². The predicted octanol–water partition coefficient (Wildman–Crippen LogP) is 1.41. The highest BCUT2D eigenvalue weighted by molar-refractivity contribution is 5.85. The van der Waals surface area contributed by atoms with Gasteiger partial charge in [0, 0.05) is 24.3 Å². The Morgan fingerprint density at radius 3 is 2.62 bits per heavy atom. The third-order valence-corrected chi connectivity index (χ3v) is 5.62. The minimum absolute atomic E-state index is 0.0622. The van der Waals surface area contributed by atoms with Crippen molar-refractivity contribution in [1.29, 1.82) is 0 Å². The van der Waals surface area contributed by atoms with Crippen molar-refractivity contribution < 1.29 is 14.7 Å². The number of allylic oxidation sites excluding steroid dienone is 1. The molecule has 2 bridgehead atoms. The molecule has 1 N–H and O–H groups in total. The van der Waals surface area contributed by atoms with Gasteiger partial charge >= 0.3 is 0 Å². The van der Waals surface area contributed by atoms with E-state index < -0.39 is 11.9 Å². The van der Waals surface area contributed by atoms with E-state index in [-0.39, 0.29) is 23.7 Å². The Bertz CT molecular complexity index is 457. The lowest BCUT2D eigenvalue weighted by molar-refractivity contribution is -0.314. The number of rotatable bonds is 5. The molecule has 116 valence electrons. The lowest BCUT2D eigenvalue weighted by Crippen LogP contribution is -2.46. The molecule has 1 amide bonds. The van der Waals surface area contributed by atoms with Gasteiger partial charge in [-0.05, 0) is 63.2 Å². The maximum atomic E-state index is 12.4. The third-order valence-electron chi connectivity index (χ3n) is 5.62. The number of nitrogens with one attached hydrogen (secondary N) is 1. The first-order valence-corrected chi connectivity index (χ1v) is 8.33. The molecule has 4 atom stereocenters. The van der Waals surface area contributed by atoms with Crippen LogP contribution in [0, 0.1) is 23.7 Å². The lowest BCUT2D eigenvalue weighted by atomic mass is 9.78. The zero-order chi connectivity index (χ0) is 14.8. The maximum Gasteiger partial charge on any atom is 0.224 e. The fraction of sp³-hybridized carbons (Fsp3) is 0.765. The number of fused-ring (bicyclic) bond motifs is 2. The molecule has 0 aromatic carbocycles. The summed E-state index contributed by atoms with van der Waals surface area (Å²) in [6.07, 6.45) is 10.8. The van der Waals surface area contributed by atoms with E-state index in [0.29, 0.717) is 6.54 Å². The van der Waals surface area contributed by atoms with Gasteiger partial charge in [0.25, 0.3) is 0 Å². The van der Waals surface area contributed by atoms with Crippen LogP contribution in [0.5, 0.6) is 0 Å². The highest BCUT2D eigenvalue weighted by Gasteiger charge is 2.51. The number of hydrogen-bond acceptors (Lipinski definition) is 3. The van der Waals surface area contributed by atoms with Gasteiger partial charge in [-0.1, -0.05) is 11.6 Å². The quantitative estimate of drug-likeness (QED) is 0.778. The van der Waals surface area contributed by atoms with Gasteiger partial charge in [-0.2, -0.15) is 0 Å². The first kappa shape index (κ1) is 14.6. The van der Waals surface area contributed by atoms with Crippen LogP contribution in [0.3, 0.4) is 0 Å². The summed E-state index contributed by atoms with van der Waals surface area (Å²) >= 11 is 0. The second-order valence-corrected chi connectivity index (χ2v) is 6.85. The normalized spacial score (nSPS) is 34.6. The Balaban J connectivity index is 1.52. The maximum absolute atomic E-state index is 12.4. The van der Waals surface area contributed by atoms with Crippen LogP contribution in [0.4, 0.5) is 0 Å². The van der Waals surface area contributed by atoms with Gasteiger partial charge in [-0.3, -0.25) is 4.79 Å². The second-order valence-electron chi connectivity index (χ2n) is 6.85. The standard InChI is InChI=1S/C17H25NO3/c19-16(18-9-8-11-4-2-1-3-5-11)14-12-6-7-13(10-12)15(14)17(20)21/h4,12-15H,1-3,5-10H2,(H,18,19)(H,20,21)/p-1/t12-,13+,14-,15+/m1/s1. The molecular formula is C17H24NO3-. The summed E-state index contributed by atoms with van der Waals surface area (Å²) in [5.74, 6) is -1.58. The minimum Gasteiger partial charge on any atom is -0.550 e. The Kier molecular flexibility index (Phi) is 4.32. The van der Waals surface area contributed by atoms with Crippen molar-refractivity contribution in [3.63, 3.8) is 0 Å². The van der Waals surface area contributed by atoms with Crippen molar-refractivity contribution in [1.82, 2.24) is 5.32 Å². The SMILES string of the molecule is O=C(NCCC1=CCCCC1)[C@@H]1[C@@H]2CC[C@@H](C2)[C@@H]1C(=O)[O-]. The number of aliphatic carboxylic acids is 1. The van der Waals surface area contributed by atoms with Crippen LogP contribution >= 0.6 is 0 Å². The van der Waals surface area contributed by atoms with Gasteiger partial charge in [-0.15, -0.1) is 0 Å². The summed E-state index contributed by atoms with van der Waals surface area (Å²) in [6.45, 7) is 0.637. The van der Waals surface area contributed by atoms with Crippen LogP contribution in [0.25, 0.3) is 0 Å². The monoisotopic (exact) mass is 290 g/mol. The molecule has 3 aliphatic carbocycles. The summed E-state index contributed by atoms with van der Waals surface area (Å²) in [6, 6.07) is 0. The Morgan fingerprint density at radius 2 is 1.95 bits per heavy atom. The fourth-order valence-electron chi connectivity index (χ4n) is 4.60. The van der Waals surface area contributed by atoms with E-state index in [1.54, 1.807) is 0 Å². The molecule has 0 unspecified atom stereocenters. The van der Waals surface area contributed by atoms with Crippen LogP contribution in [-0.2, 0) is 9.59 Å². The van der Waals surface area contributed by atoms with Gasteiger partial charge in [-0.25, -0.2) is 0 Å². The summed E-state index contributed by atoms with van der Waals surface area (Å²) in [5, 5.41) is 14.3. The fourth-order valence-corrected chi connectivity index (χ4v) is 4.60. The second kappa shape index (κ2) is 6.20. The summed E-state index contributed by atoms with van der Waals surface area (Å²) in [5.41, 5.74) is 1.44. The average molecular weight is 290 g/mol. The third kappa shape index (κ3) is 2.99. The van der Waals surface area contributed by atoms with Crippen LogP contribution < -0.4 is 10.4 Å². The number of carboxylic acid groups (broad SMARTS) is 1. The molecule has 0 aliphatic heterocycles. The van der Waals surface area contributed by atoms with Crippen LogP contribution in [0.2, 0.25) is 0 Å². The molecule has 21 heavy (non-hydrogen) atoms. The zero-order valence-corrected chi connectivity index (χ0v) is 12.5. The molecule has 0 heterocycles. The zero-order valence-electron chi connectivity index (χ0n) is 12.5. The van der Waals surface area contributed by atoms with Gasteiger partial charge < -0.3 is 15.2 Å². The Hall–Kier alpha value is -1.32. The summed E-state index contributed by atoms with van der Waals surface area (Å²) in [4.78, 5) is 23.7. The van der Waals surface area contributed by atoms with Gasteiger partial charge in [0.1, 0.15) is 0 Å². The molecule has 0 spiro atoms. The van der Waals surface area contributed by atoms with E-state index in [1.165, 1.54) is 18.4 Å². The highest BCUT2D eigenvalue weighted by Crippen LogP contribution is 2.52. The average Bonchev–Trinajstić information content (AvgIpc) is 3.08. The minimum atomic E-state index is -1.03. The molecule has 2 fully saturated rings. The van der Waals surface area contributed by atoms with Crippen molar-refractivity contribution in [3.8, 4) is 0 Å². The lowest BCUT2D eigenvalue weighted by Gasteiger charge is -2.30. The first-order valence-electron chi connectivity index (χ1n) is 8.33. The summed E-state index contributed by atoms with van der Waals surface area (Å²) < 4.78 is 0. The molecule has 4 nitrogen and oxygen atoms in total. The number of carbonyl (C=O) groups excluding carboxylic acids is 2. The smallest absolute Gasteiger partial charge is 0.224 e. The molecule has 0 aromatic rings. The van der Waals surface area contributed by atoms with E-state index in [4.69, 9.17) is 0 Å². The van der Waals surface area contributed by atoms with Crippen LogP contribution in [0.1, 0.15) is 51.4 Å². The molecule has 3 aliphatic rings. The largest absolute Gasteiger partial charge is 0.550 e. The van der Waals surface area contributed by atoms with Crippen molar-refractivity contribution in [2.75, 3.05) is 6.54 Å². The van der Waals surface area contributed by atoms with E-state index in [9.17, 15) is 14.7 Å². The van der Waals surface area contributed by atoms with Crippen molar-refractivity contribution >= 4 is 11.9 Å². The van der Waals surface area contributed by atoms with Gasteiger partial charge in [0.2, 0.25) is 5.91 Å². The molecule has 0 saturated heterocycles. The number of carbonyl (C=O) groups is 2. The molecule has 0 aromatic heterocycles. The number of carboxylic acids is 1. The predicted molar refractivity (Wildman–Crippen MR) is 77.0 cm³/mol. The highest BCUT2D eigenvalue weighted by atomic mass is 16.4. The van der Waals surface area contributed by atoms with Gasteiger partial charge in [0.15, 0.2) is 0 Å². The molecule has 3 rings (SSSR count). The van der Waals surface area contributed by atoms with Crippen LogP contribution in [-0.4, -0.2) is 18.4 Å². The Morgan fingerprint density at radius 1 is 1.19 bits per heavy atom. The van der Waals surface area contributed by atoms with E-state index in [1.807, 2.05) is 0 Å². The first-order chi connectivity index (χ1) is 10.2. The van der Waals surface area contributed by atoms with Crippen LogP contribution in [0.15, 0.2) is 11.6 Å². The van der Waals surface area contributed by atoms with Crippen molar-refractivity contribution in [3.05, 3.63) is 11.6 Å². The number of amides is 1. The molecular weight excluding hydrogens is 266 g/mol. The van der Waals surface area contributed by atoms with E-state index >= 15 is 0 Å².